The predicted molar refractivity (Wildman–Crippen MR) is 86.8 cm³/mol. The molecule has 3 rings (SSSR count). The van der Waals surface area contributed by atoms with Crippen LogP contribution in [0.25, 0.3) is 0 Å². The molecule has 3 heterocycles. The largest absolute Gasteiger partial charge is 0.477 e. The van der Waals surface area contributed by atoms with Gasteiger partial charge in [0.1, 0.15) is 23.2 Å². The number of thioether (sulfide) groups is 1. The Labute approximate surface area is 143 Å². The number of nitrogens with zero attached hydrogens (tertiary/aromatic N) is 1. The normalized spacial score (nSPS) is 30.5. The molecule has 9 heteroatoms. The van der Waals surface area contributed by atoms with E-state index in [4.69, 9.17) is 10.5 Å². The molecule has 4 N–H and O–H groups in total. The number of ether oxygens (including phenoxy) is 1. The summed E-state index contributed by atoms with van der Waals surface area (Å²) in [4.78, 5) is 37.1. The molecule has 0 spiro atoms. The number of nitrogens with one attached hydrogen (secondary N) is 1. The number of hydrogen-bond acceptors (Lipinski definition) is 6. The molecule has 0 aromatic rings. The first-order valence-corrected chi connectivity index (χ1v) is 8.60. The molecule has 0 aromatic heterocycles. The van der Waals surface area contributed by atoms with Crippen molar-refractivity contribution in [3.05, 3.63) is 23.4 Å². The number of rotatable bonds is 4. The highest BCUT2D eigenvalue weighted by atomic mass is 32.2. The van der Waals surface area contributed by atoms with E-state index < -0.39 is 35.2 Å². The van der Waals surface area contributed by atoms with E-state index in [-0.39, 0.29) is 10.9 Å². The number of carboxylic acid groups (broad SMARTS) is 1. The minimum Gasteiger partial charge on any atom is -0.477 e. The van der Waals surface area contributed by atoms with Gasteiger partial charge < -0.3 is 20.9 Å². The highest BCUT2D eigenvalue weighted by Gasteiger charge is 2.54. The third kappa shape index (κ3) is 2.94. The molecule has 4 atom stereocenters. The molecular formula is C15H19N3O5S. The lowest BCUT2D eigenvalue weighted by Gasteiger charge is -2.49. The summed E-state index contributed by atoms with van der Waals surface area (Å²) in [7, 11) is 0. The molecule has 0 radical (unpaired) electrons. The second-order valence-corrected chi connectivity index (χ2v) is 7.38. The summed E-state index contributed by atoms with van der Waals surface area (Å²) >= 11 is 1.43. The van der Waals surface area contributed by atoms with Gasteiger partial charge in [0.2, 0.25) is 5.91 Å². The number of fused-ring (bicyclic) bond motifs is 1. The number of carbonyl (C=O) groups is 3. The molecule has 2 amide bonds. The fraction of sp³-hybridized carbons (Fsp3) is 0.533. The van der Waals surface area contributed by atoms with Crippen molar-refractivity contribution >= 4 is 29.5 Å². The Hall–Kier alpha value is -1.84. The van der Waals surface area contributed by atoms with E-state index >= 15 is 0 Å². The van der Waals surface area contributed by atoms with E-state index in [1.807, 2.05) is 13.0 Å². The lowest BCUT2D eigenvalue weighted by Crippen LogP contribution is -2.71. The lowest BCUT2D eigenvalue weighted by atomic mass is 10.0. The summed E-state index contributed by atoms with van der Waals surface area (Å²) in [6.45, 7) is 2.76. The molecule has 3 aliphatic heterocycles. The molecule has 0 bridgehead atoms. The fourth-order valence-corrected chi connectivity index (χ4v) is 4.26. The summed E-state index contributed by atoms with van der Waals surface area (Å²) in [5.74, 6) is -2.03. The number of amides is 2. The molecule has 8 nitrogen and oxygen atoms in total. The maximum atomic E-state index is 12.3. The molecule has 0 aromatic carbocycles. The van der Waals surface area contributed by atoms with Crippen molar-refractivity contribution in [2.45, 2.75) is 36.1 Å². The van der Waals surface area contributed by atoms with Crippen molar-refractivity contribution in [3.63, 3.8) is 0 Å². The average molecular weight is 353 g/mol. The van der Waals surface area contributed by atoms with E-state index in [2.05, 4.69) is 5.32 Å². The first-order valence-electron chi connectivity index (χ1n) is 7.66. The number of β-lactam (4-membered cyclic amide) rings is 1. The van der Waals surface area contributed by atoms with Crippen molar-refractivity contribution < 1.29 is 24.2 Å². The van der Waals surface area contributed by atoms with Gasteiger partial charge in [0, 0.05) is 5.25 Å². The molecule has 1 saturated heterocycles. The minimum atomic E-state index is -1.15. The van der Waals surface area contributed by atoms with Crippen LogP contribution < -0.4 is 11.1 Å². The number of carboxylic acids is 1. The molecule has 3 aliphatic rings. The summed E-state index contributed by atoms with van der Waals surface area (Å²) in [6.07, 6.45) is 4.12. The smallest absolute Gasteiger partial charge is 0.352 e. The molecule has 1 fully saturated rings. The van der Waals surface area contributed by atoms with Crippen LogP contribution >= 0.6 is 11.8 Å². The summed E-state index contributed by atoms with van der Waals surface area (Å²) in [6, 6.07) is -1.63. The van der Waals surface area contributed by atoms with Crippen molar-refractivity contribution in [1.29, 1.82) is 0 Å². The van der Waals surface area contributed by atoms with Crippen LogP contribution in [0, 0.1) is 0 Å². The van der Waals surface area contributed by atoms with E-state index in [1.165, 1.54) is 22.7 Å². The summed E-state index contributed by atoms with van der Waals surface area (Å²) in [5.41, 5.74) is 6.60. The molecule has 130 valence electrons. The zero-order chi connectivity index (χ0) is 17.4. The number of aliphatic carboxylic acids is 1. The third-order valence-corrected chi connectivity index (χ3v) is 5.51. The topological polar surface area (TPSA) is 122 Å². The zero-order valence-electron chi connectivity index (χ0n) is 13.1. The van der Waals surface area contributed by atoms with Crippen LogP contribution in [0.4, 0.5) is 0 Å². The Kier molecular flexibility index (Phi) is 4.66. The molecule has 0 aliphatic carbocycles. The van der Waals surface area contributed by atoms with Gasteiger partial charge in [-0.05, 0) is 25.0 Å². The van der Waals surface area contributed by atoms with Gasteiger partial charge in [-0.2, -0.15) is 0 Å². The van der Waals surface area contributed by atoms with Gasteiger partial charge in [0.15, 0.2) is 0 Å². The quantitative estimate of drug-likeness (QED) is 0.456. The van der Waals surface area contributed by atoms with Crippen molar-refractivity contribution in [2.75, 3.05) is 13.2 Å². The number of hydrogen-bond donors (Lipinski definition) is 3. The summed E-state index contributed by atoms with van der Waals surface area (Å²) < 4.78 is 5.28. The molecule has 3 unspecified atom stereocenters. The molecular weight excluding hydrogens is 334 g/mol. The van der Waals surface area contributed by atoms with Gasteiger partial charge in [-0.3, -0.25) is 14.5 Å². The van der Waals surface area contributed by atoms with Gasteiger partial charge in [-0.25, -0.2) is 4.79 Å². The lowest BCUT2D eigenvalue weighted by molar-refractivity contribution is -0.150. The highest BCUT2D eigenvalue weighted by molar-refractivity contribution is 8.00. The van der Waals surface area contributed by atoms with Gasteiger partial charge in [-0.15, -0.1) is 11.8 Å². The van der Waals surface area contributed by atoms with Crippen LogP contribution in [0.2, 0.25) is 0 Å². The fourth-order valence-electron chi connectivity index (χ4n) is 2.93. The van der Waals surface area contributed by atoms with Crippen molar-refractivity contribution in [2.24, 2.45) is 5.73 Å². The van der Waals surface area contributed by atoms with Crippen LogP contribution in [-0.4, -0.2) is 63.7 Å². The van der Waals surface area contributed by atoms with Crippen molar-refractivity contribution in [3.8, 4) is 0 Å². The Morgan fingerprint density at radius 1 is 1.54 bits per heavy atom. The van der Waals surface area contributed by atoms with Gasteiger partial charge in [0.05, 0.1) is 13.2 Å². The Bertz CT molecular complexity index is 647. The van der Waals surface area contributed by atoms with E-state index in [1.54, 1.807) is 0 Å². The predicted octanol–water partition coefficient (Wildman–Crippen LogP) is -0.583. The van der Waals surface area contributed by atoms with Crippen LogP contribution in [0.3, 0.4) is 0 Å². The number of nitrogens with two attached hydrogens (primary N) is 1. The molecule has 0 saturated carbocycles. The van der Waals surface area contributed by atoms with Crippen LogP contribution in [-0.2, 0) is 19.1 Å². The second-order valence-electron chi connectivity index (χ2n) is 5.88. The summed E-state index contributed by atoms with van der Waals surface area (Å²) in [5, 5.41) is 11.4. The maximum Gasteiger partial charge on any atom is 0.352 e. The zero-order valence-corrected chi connectivity index (χ0v) is 13.9. The number of carbonyl (C=O) groups excluding carboxylic acids is 2. The van der Waals surface area contributed by atoms with Gasteiger partial charge in [-0.1, -0.05) is 6.08 Å². The van der Waals surface area contributed by atoms with Crippen LogP contribution in [0.5, 0.6) is 0 Å². The maximum absolute atomic E-state index is 12.3. The van der Waals surface area contributed by atoms with Crippen molar-refractivity contribution in [1.82, 2.24) is 10.2 Å². The van der Waals surface area contributed by atoms with Gasteiger partial charge in [0.25, 0.3) is 5.91 Å². The van der Waals surface area contributed by atoms with E-state index in [0.717, 1.165) is 0 Å². The first-order chi connectivity index (χ1) is 11.4. The monoisotopic (exact) mass is 353 g/mol. The SMILES string of the molecule is CC1C=C(C(=O)O)N2C(=O)C(NC(=O)C(N)C3=CCCOC3)[C@H]2S1. The van der Waals surface area contributed by atoms with Gasteiger partial charge >= 0.3 is 5.97 Å². The van der Waals surface area contributed by atoms with Crippen LogP contribution in [0.1, 0.15) is 13.3 Å². The third-order valence-electron chi connectivity index (χ3n) is 4.19. The van der Waals surface area contributed by atoms with Crippen LogP contribution in [0.15, 0.2) is 23.4 Å². The first kappa shape index (κ1) is 17.0. The second kappa shape index (κ2) is 6.58. The van der Waals surface area contributed by atoms with E-state index in [0.29, 0.717) is 25.2 Å². The Morgan fingerprint density at radius 2 is 2.29 bits per heavy atom. The highest BCUT2D eigenvalue weighted by Crippen LogP contribution is 2.40. The standard InChI is InChI=1S/C15H19N3O5S/c1-7-5-9(15(21)22)18-13(20)11(14(18)24-7)17-12(19)10(16)8-3-2-4-23-6-8/h3,5,7,10-11,14H,2,4,6,16H2,1H3,(H,17,19)(H,21,22)/t7?,10?,11?,14-/m1/s1. The molecule has 24 heavy (non-hydrogen) atoms. The minimum absolute atomic E-state index is 0.0329. The average Bonchev–Trinajstić information content (AvgIpc) is 2.58. The Morgan fingerprint density at radius 3 is 2.92 bits per heavy atom. The Balaban J connectivity index is 1.68. The van der Waals surface area contributed by atoms with E-state index in [9.17, 15) is 19.5 Å².